The Bertz CT molecular complexity index is 995. The second-order valence-corrected chi connectivity index (χ2v) is 7.76. The normalized spacial score (nSPS) is 24.4. The molecule has 3 aliphatic rings. The number of nitrogens with two attached hydrogens (primary N) is 1. The summed E-state index contributed by atoms with van der Waals surface area (Å²) in [6.45, 7) is -2.37. The van der Waals surface area contributed by atoms with Gasteiger partial charge in [-0.3, -0.25) is 0 Å². The zero-order valence-electron chi connectivity index (χ0n) is 16.2. The molecule has 3 fully saturated rings. The van der Waals surface area contributed by atoms with Crippen molar-refractivity contribution in [1.82, 2.24) is 19.9 Å². The number of nitrogens with zero attached hydrogens (tertiary/aromatic N) is 6. The molecule has 2 bridgehead atoms. The highest BCUT2D eigenvalue weighted by atomic mass is 19.3. The SMILES string of the molecule is Nc1ncc(-c2cc(N3C[C@@H]4C[C@H]3CO4)nc(N3CCC(F)(F)C3)n2)nc1OC(F)F. The number of aromatic nitrogens is 4. The Kier molecular flexibility index (Phi) is 4.72. The standard InChI is InChI=1S/C18H19F4N7O2/c19-16(20)31-15-14(23)24-5-12(25-15)11-4-13(29-6-10-3-9(29)7-30-10)27-17(26-11)28-2-1-18(21,22)8-28/h4-5,9-10,16H,1-3,6-8H2,(H2,23,24)/t9-,10-/m0/s1. The first-order valence-electron chi connectivity index (χ1n) is 9.75. The van der Waals surface area contributed by atoms with Gasteiger partial charge in [0.25, 0.3) is 11.8 Å². The highest BCUT2D eigenvalue weighted by Gasteiger charge is 2.42. The maximum absolute atomic E-state index is 13.8. The Morgan fingerprint density at radius 3 is 2.71 bits per heavy atom. The summed E-state index contributed by atoms with van der Waals surface area (Å²) in [5.74, 6) is -3.02. The van der Waals surface area contributed by atoms with Crippen LogP contribution in [-0.2, 0) is 4.74 Å². The average Bonchev–Trinajstić information content (AvgIpc) is 3.44. The lowest BCUT2D eigenvalue weighted by Crippen LogP contribution is -2.38. The summed E-state index contributed by atoms with van der Waals surface area (Å²) in [6.07, 6.45) is 1.91. The van der Waals surface area contributed by atoms with E-state index >= 15 is 0 Å². The highest BCUT2D eigenvalue weighted by molar-refractivity contribution is 5.64. The molecule has 3 aliphatic heterocycles. The molecule has 2 aromatic heterocycles. The lowest BCUT2D eigenvalue weighted by Gasteiger charge is -2.29. The van der Waals surface area contributed by atoms with Gasteiger partial charge in [-0.25, -0.2) is 23.7 Å². The molecule has 2 N–H and O–H groups in total. The topological polar surface area (TPSA) is 103 Å². The monoisotopic (exact) mass is 441 g/mol. The van der Waals surface area contributed by atoms with Crippen LogP contribution in [0, 0.1) is 0 Å². The van der Waals surface area contributed by atoms with Crippen LogP contribution in [0.4, 0.5) is 35.1 Å². The molecule has 0 unspecified atom stereocenters. The van der Waals surface area contributed by atoms with E-state index in [-0.39, 0.29) is 48.3 Å². The minimum Gasteiger partial charge on any atom is -0.413 e. The fourth-order valence-electron chi connectivity index (χ4n) is 4.10. The molecule has 13 heteroatoms. The second kappa shape index (κ2) is 7.32. The van der Waals surface area contributed by atoms with Gasteiger partial charge in [0.2, 0.25) is 5.95 Å². The van der Waals surface area contributed by atoms with Crippen molar-refractivity contribution in [3.05, 3.63) is 12.3 Å². The van der Waals surface area contributed by atoms with Gasteiger partial charge in [-0.1, -0.05) is 0 Å². The predicted molar refractivity (Wildman–Crippen MR) is 101 cm³/mol. The maximum Gasteiger partial charge on any atom is 0.388 e. The third kappa shape index (κ3) is 3.89. The number of anilines is 3. The van der Waals surface area contributed by atoms with E-state index in [1.807, 2.05) is 4.90 Å². The number of morpholine rings is 1. The molecule has 0 saturated carbocycles. The Morgan fingerprint density at radius 2 is 2.06 bits per heavy atom. The summed E-state index contributed by atoms with van der Waals surface area (Å²) >= 11 is 0. The van der Waals surface area contributed by atoms with Crippen molar-refractivity contribution >= 4 is 17.6 Å². The van der Waals surface area contributed by atoms with Gasteiger partial charge in [-0.15, -0.1) is 0 Å². The average molecular weight is 441 g/mol. The van der Waals surface area contributed by atoms with Gasteiger partial charge in [0.1, 0.15) is 11.5 Å². The molecule has 0 aromatic carbocycles. The molecule has 0 aliphatic carbocycles. The predicted octanol–water partition coefficient (Wildman–Crippen LogP) is 1.94. The van der Waals surface area contributed by atoms with Gasteiger partial charge in [-0.2, -0.15) is 13.8 Å². The molecule has 5 rings (SSSR count). The van der Waals surface area contributed by atoms with Crippen LogP contribution in [0.3, 0.4) is 0 Å². The van der Waals surface area contributed by atoms with Gasteiger partial charge in [0.05, 0.1) is 37.2 Å². The van der Waals surface area contributed by atoms with E-state index in [1.165, 1.54) is 11.1 Å². The van der Waals surface area contributed by atoms with E-state index in [1.54, 1.807) is 6.07 Å². The second-order valence-electron chi connectivity index (χ2n) is 7.76. The molecule has 0 amide bonds. The summed E-state index contributed by atoms with van der Waals surface area (Å²) in [7, 11) is 0. The molecule has 166 valence electrons. The van der Waals surface area contributed by atoms with Crippen LogP contribution in [0.5, 0.6) is 5.88 Å². The molecular formula is C18H19F4N7O2. The Morgan fingerprint density at radius 1 is 1.23 bits per heavy atom. The zero-order chi connectivity index (χ0) is 21.8. The Hall–Kier alpha value is -2.96. The minimum absolute atomic E-state index is 0.0883. The van der Waals surface area contributed by atoms with E-state index in [0.717, 1.165) is 6.42 Å². The molecule has 5 heterocycles. The van der Waals surface area contributed by atoms with Crippen LogP contribution in [-0.4, -0.2) is 70.9 Å². The maximum atomic E-state index is 13.8. The number of rotatable bonds is 5. The van der Waals surface area contributed by atoms with Crippen molar-refractivity contribution in [3.63, 3.8) is 0 Å². The molecular weight excluding hydrogens is 422 g/mol. The van der Waals surface area contributed by atoms with Crippen LogP contribution in [0.2, 0.25) is 0 Å². The molecule has 3 saturated heterocycles. The lowest BCUT2D eigenvalue weighted by atomic mass is 10.2. The van der Waals surface area contributed by atoms with Crippen LogP contribution < -0.4 is 20.3 Å². The van der Waals surface area contributed by atoms with E-state index in [9.17, 15) is 17.6 Å². The highest BCUT2D eigenvalue weighted by Crippen LogP contribution is 2.36. The molecule has 0 spiro atoms. The fourth-order valence-corrected chi connectivity index (χ4v) is 4.10. The first-order valence-corrected chi connectivity index (χ1v) is 9.75. The van der Waals surface area contributed by atoms with Crippen molar-refractivity contribution in [2.75, 3.05) is 41.8 Å². The molecule has 2 aromatic rings. The summed E-state index contributed by atoms with van der Waals surface area (Å²) in [4.78, 5) is 20.2. The van der Waals surface area contributed by atoms with Gasteiger partial charge in [-0.05, 0) is 6.42 Å². The molecule has 9 nitrogen and oxygen atoms in total. The van der Waals surface area contributed by atoms with E-state index in [4.69, 9.17) is 10.5 Å². The number of ether oxygens (including phenoxy) is 2. The summed E-state index contributed by atoms with van der Waals surface area (Å²) in [5.41, 5.74) is 5.92. The van der Waals surface area contributed by atoms with Gasteiger partial charge < -0.3 is 25.0 Å². The third-order valence-electron chi connectivity index (χ3n) is 5.58. The Labute approximate surface area is 174 Å². The molecule has 2 atom stereocenters. The van der Waals surface area contributed by atoms with Crippen LogP contribution in [0.25, 0.3) is 11.4 Å². The number of hydrogen-bond donors (Lipinski definition) is 1. The zero-order valence-corrected chi connectivity index (χ0v) is 16.2. The van der Waals surface area contributed by atoms with E-state index in [2.05, 4.69) is 24.7 Å². The summed E-state index contributed by atoms with van der Waals surface area (Å²) in [5, 5.41) is 0. The van der Waals surface area contributed by atoms with Crippen molar-refractivity contribution < 1.29 is 27.0 Å². The molecule has 31 heavy (non-hydrogen) atoms. The first-order chi connectivity index (χ1) is 14.8. The van der Waals surface area contributed by atoms with E-state index in [0.29, 0.717) is 19.0 Å². The van der Waals surface area contributed by atoms with Crippen molar-refractivity contribution in [1.29, 1.82) is 0 Å². The summed E-state index contributed by atoms with van der Waals surface area (Å²) in [6, 6.07) is 1.75. The quantitative estimate of drug-likeness (QED) is 0.698. The van der Waals surface area contributed by atoms with Gasteiger partial charge in [0, 0.05) is 25.6 Å². The number of alkyl halides is 4. The third-order valence-corrected chi connectivity index (χ3v) is 5.58. The van der Waals surface area contributed by atoms with Crippen molar-refractivity contribution in [2.45, 2.75) is 37.5 Å². The first kappa shape index (κ1) is 20.0. The van der Waals surface area contributed by atoms with E-state index < -0.39 is 25.0 Å². The number of halogens is 4. The van der Waals surface area contributed by atoms with Gasteiger partial charge >= 0.3 is 6.61 Å². The minimum atomic E-state index is -3.13. The Balaban J connectivity index is 1.55. The van der Waals surface area contributed by atoms with Crippen molar-refractivity contribution in [3.8, 4) is 17.3 Å². The number of nitrogen functional groups attached to an aromatic ring is 1. The largest absolute Gasteiger partial charge is 0.413 e. The van der Waals surface area contributed by atoms with Crippen LogP contribution >= 0.6 is 0 Å². The number of hydrogen-bond acceptors (Lipinski definition) is 9. The smallest absolute Gasteiger partial charge is 0.388 e. The lowest BCUT2D eigenvalue weighted by molar-refractivity contribution is -0.0524. The fraction of sp³-hybridized carbons (Fsp3) is 0.556. The molecule has 0 radical (unpaired) electrons. The summed E-state index contributed by atoms with van der Waals surface area (Å²) < 4.78 is 62.9. The van der Waals surface area contributed by atoms with Crippen LogP contribution in [0.1, 0.15) is 12.8 Å². The van der Waals surface area contributed by atoms with Crippen molar-refractivity contribution in [2.24, 2.45) is 0 Å². The van der Waals surface area contributed by atoms with Crippen LogP contribution in [0.15, 0.2) is 12.3 Å². The van der Waals surface area contributed by atoms with Gasteiger partial charge in [0.15, 0.2) is 5.82 Å². The number of fused-ring (bicyclic) bond motifs is 2.